The molecule has 4 heterocycles. The molecule has 1 aromatic carbocycles. The third kappa shape index (κ3) is 4.31. The first-order valence-corrected chi connectivity index (χ1v) is 12.1. The van der Waals surface area contributed by atoms with Crippen LogP contribution in [0.15, 0.2) is 41.5 Å². The lowest BCUT2D eigenvalue weighted by Gasteiger charge is -2.36. The highest BCUT2D eigenvalue weighted by Crippen LogP contribution is 2.41. The molecular formula is C25H23F4N7O2. The number of aromatic nitrogens is 5. The van der Waals surface area contributed by atoms with Crippen molar-refractivity contribution >= 4 is 22.7 Å². The summed E-state index contributed by atoms with van der Waals surface area (Å²) in [4.78, 5) is 25.5. The van der Waals surface area contributed by atoms with Crippen molar-refractivity contribution in [3.05, 3.63) is 69.7 Å². The zero-order valence-electron chi connectivity index (χ0n) is 20.0. The van der Waals surface area contributed by atoms with Gasteiger partial charge in [-0.2, -0.15) is 18.2 Å². The molecule has 0 atom stereocenters. The Hall–Kier alpha value is -3.84. The topological polar surface area (TPSA) is 110 Å². The first-order valence-electron chi connectivity index (χ1n) is 12.1. The van der Waals surface area contributed by atoms with Gasteiger partial charge in [0.25, 0.3) is 5.56 Å². The molecule has 38 heavy (non-hydrogen) atoms. The maximum Gasteiger partial charge on any atom is 0.408 e. The monoisotopic (exact) mass is 529 g/mol. The molecule has 2 aliphatic rings. The van der Waals surface area contributed by atoms with Crippen LogP contribution in [-0.4, -0.2) is 42.1 Å². The fourth-order valence-electron chi connectivity index (χ4n) is 4.95. The van der Waals surface area contributed by atoms with Crippen LogP contribution in [0.2, 0.25) is 0 Å². The summed E-state index contributed by atoms with van der Waals surface area (Å²) >= 11 is 0. The highest BCUT2D eigenvalue weighted by atomic mass is 19.4. The summed E-state index contributed by atoms with van der Waals surface area (Å²) in [6.07, 6.45) is -0.422. The van der Waals surface area contributed by atoms with E-state index in [-0.39, 0.29) is 28.4 Å². The average molecular weight is 529 g/mol. The Bertz CT molecular complexity index is 1610. The van der Waals surface area contributed by atoms with Crippen LogP contribution in [0.25, 0.3) is 16.7 Å². The molecule has 1 aliphatic heterocycles. The van der Waals surface area contributed by atoms with E-state index in [1.807, 2.05) is 18.2 Å². The van der Waals surface area contributed by atoms with Crippen LogP contribution in [0.1, 0.15) is 36.1 Å². The summed E-state index contributed by atoms with van der Waals surface area (Å²) in [7, 11) is 0. The van der Waals surface area contributed by atoms with Gasteiger partial charge >= 0.3 is 6.18 Å². The van der Waals surface area contributed by atoms with E-state index < -0.39 is 29.7 Å². The Morgan fingerprint density at radius 3 is 2.68 bits per heavy atom. The minimum absolute atomic E-state index is 0.0198. The Morgan fingerprint density at radius 2 is 1.95 bits per heavy atom. The molecule has 1 aliphatic carbocycles. The van der Waals surface area contributed by atoms with Crippen LogP contribution in [0.5, 0.6) is 0 Å². The summed E-state index contributed by atoms with van der Waals surface area (Å²) in [5.41, 5.74) is 0.150. The fourth-order valence-corrected chi connectivity index (χ4v) is 4.95. The van der Waals surface area contributed by atoms with Crippen molar-refractivity contribution < 1.29 is 22.7 Å². The number of anilines is 2. The van der Waals surface area contributed by atoms with Gasteiger partial charge in [-0.25, -0.2) is 18.7 Å². The second-order valence-corrected chi connectivity index (χ2v) is 9.66. The molecule has 0 spiro atoms. The lowest BCUT2D eigenvalue weighted by Crippen LogP contribution is -2.35. The normalized spacial score (nSPS) is 16.8. The standard InChI is InChI=1S/C25H23F4N7O2/c26-18-12-31-20(24(38)5-1-6-24)9-19(18)36-21-17(22(37)35(36)13-25(27,28)29)11-32-23(34-21)33-16-3-2-14-4-7-30-10-15(14)8-16/h2-3,8-9,11-12,30,38H,1,4-7,10,13H2,(H,32,33,34). The van der Waals surface area contributed by atoms with Crippen LogP contribution in [0, 0.1) is 5.82 Å². The van der Waals surface area contributed by atoms with E-state index in [4.69, 9.17) is 0 Å². The van der Waals surface area contributed by atoms with Crippen molar-refractivity contribution in [2.24, 2.45) is 0 Å². The SMILES string of the molecule is O=c1c2cnc(Nc3ccc4c(c3)CNCC4)nc2n(-c2cc(C3(O)CCC3)ncc2F)n1CC(F)(F)F. The number of alkyl halides is 3. The minimum atomic E-state index is -4.78. The van der Waals surface area contributed by atoms with Crippen LogP contribution >= 0.6 is 0 Å². The van der Waals surface area contributed by atoms with Crippen molar-refractivity contribution in [1.82, 2.24) is 29.6 Å². The molecule has 3 aromatic heterocycles. The molecule has 0 unspecified atom stereocenters. The van der Waals surface area contributed by atoms with Gasteiger partial charge in [-0.3, -0.25) is 9.78 Å². The number of fused-ring (bicyclic) bond motifs is 2. The molecule has 0 saturated heterocycles. The molecule has 1 fully saturated rings. The summed E-state index contributed by atoms with van der Waals surface area (Å²) in [5, 5.41) is 16.8. The third-order valence-electron chi connectivity index (χ3n) is 7.07. The van der Waals surface area contributed by atoms with Crippen molar-refractivity contribution in [2.45, 2.75) is 50.6 Å². The van der Waals surface area contributed by atoms with E-state index in [1.54, 1.807) is 0 Å². The van der Waals surface area contributed by atoms with E-state index in [2.05, 4.69) is 25.6 Å². The lowest BCUT2D eigenvalue weighted by molar-refractivity contribution is -0.144. The second kappa shape index (κ2) is 8.88. The second-order valence-electron chi connectivity index (χ2n) is 9.66. The maximum atomic E-state index is 15.1. The van der Waals surface area contributed by atoms with Gasteiger partial charge < -0.3 is 15.7 Å². The number of nitrogens with one attached hydrogen (secondary N) is 2. The molecular weight excluding hydrogens is 506 g/mol. The zero-order chi connectivity index (χ0) is 26.7. The number of halogens is 4. The third-order valence-corrected chi connectivity index (χ3v) is 7.07. The molecule has 198 valence electrons. The van der Waals surface area contributed by atoms with Crippen LogP contribution < -0.4 is 16.2 Å². The van der Waals surface area contributed by atoms with Gasteiger partial charge in [0, 0.05) is 18.4 Å². The molecule has 13 heteroatoms. The van der Waals surface area contributed by atoms with Gasteiger partial charge in [-0.05, 0) is 61.6 Å². The predicted octanol–water partition coefficient (Wildman–Crippen LogP) is 3.44. The molecule has 1 saturated carbocycles. The van der Waals surface area contributed by atoms with Gasteiger partial charge in [-0.1, -0.05) is 6.07 Å². The Labute approximate surface area is 213 Å². The van der Waals surface area contributed by atoms with Gasteiger partial charge in [0.2, 0.25) is 5.95 Å². The fraction of sp³-hybridized carbons (Fsp3) is 0.360. The van der Waals surface area contributed by atoms with E-state index >= 15 is 4.39 Å². The largest absolute Gasteiger partial charge is 0.408 e. The summed E-state index contributed by atoms with van der Waals surface area (Å²) in [6.45, 7) is -0.0958. The molecule has 3 N–H and O–H groups in total. The first kappa shape index (κ1) is 24.5. The van der Waals surface area contributed by atoms with Crippen LogP contribution in [0.3, 0.4) is 0 Å². The number of hydrogen-bond donors (Lipinski definition) is 3. The van der Waals surface area contributed by atoms with E-state index in [0.717, 1.165) is 42.0 Å². The summed E-state index contributed by atoms with van der Waals surface area (Å²) in [6, 6.07) is 6.91. The Morgan fingerprint density at radius 1 is 1.13 bits per heavy atom. The Balaban J connectivity index is 1.49. The molecule has 0 radical (unpaired) electrons. The Kier molecular flexibility index (Phi) is 5.72. The molecule has 6 rings (SSSR count). The molecule has 9 nitrogen and oxygen atoms in total. The lowest BCUT2D eigenvalue weighted by atomic mass is 9.77. The maximum absolute atomic E-state index is 15.1. The quantitative estimate of drug-likeness (QED) is 0.340. The highest BCUT2D eigenvalue weighted by Gasteiger charge is 2.39. The molecule has 0 bridgehead atoms. The minimum Gasteiger partial charge on any atom is -0.384 e. The number of hydrogen-bond acceptors (Lipinski definition) is 7. The van der Waals surface area contributed by atoms with E-state index in [0.29, 0.717) is 29.8 Å². The molecule has 0 amide bonds. The van der Waals surface area contributed by atoms with Gasteiger partial charge in [0.05, 0.1) is 11.9 Å². The van der Waals surface area contributed by atoms with E-state index in [9.17, 15) is 23.1 Å². The summed E-state index contributed by atoms with van der Waals surface area (Å²) < 4.78 is 56.8. The number of rotatable bonds is 5. The number of benzene rings is 1. The number of nitrogens with zero attached hydrogens (tertiary/aromatic N) is 5. The van der Waals surface area contributed by atoms with Crippen LogP contribution in [0.4, 0.5) is 29.2 Å². The van der Waals surface area contributed by atoms with Crippen molar-refractivity contribution in [3.63, 3.8) is 0 Å². The van der Waals surface area contributed by atoms with Crippen molar-refractivity contribution in [3.8, 4) is 5.69 Å². The number of aliphatic hydroxyl groups is 1. The predicted molar refractivity (Wildman–Crippen MR) is 130 cm³/mol. The van der Waals surface area contributed by atoms with Gasteiger partial charge in [0.15, 0.2) is 11.5 Å². The van der Waals surface area contributed by atoms with Gasteiger partial charge in [0.1, 0.15) is 23.2 Å². The first-order chi connectivity index (χ1) is 18.1. The van der Waals surface area contributed by atoms with Crippen LogP contribution in [-0.2, 0) is 25.1 Å². The van der Waals surface area contributed by atoms with Crippen molar-refractivity contribution in [1.29, 1.82) is 0 Å². The highest BCUT2D eigenvalue weighted by molar-refractivity contribution is 5.77. The average Bonchev–Trinajstić information content (AvgIpc) is 3.12. The number of pyridine rings is 1. The summed E-state index contributed by atoms with van der Waals surface area (Å²) in [5.74, 6) is -0.953. The van der Waals surface area contributed by atoms with E-state index in [1.165, 1.54) is 11.6 Å². The van der Waals surface area contributed by atoms with Gasteiger partial charge in [-0.15, -0.1) is 0 Å². The molecule has 4 aromatic rings. The van der Waals surface area contributed by atoms with Crippen molar-refractivity contribution in [2.75, 3.05) is 11.9 Å². The zero-order valence-corrected chi connectivity index (χ0v) is 20.0. The smallest absolute Gasteiger partial charge is 0.384 e.